The van der Waals surface area contributed by atoms with Crippen LogP contribution in [0.4, 0.5) is 0 Å². The van der Waals surface area contributed by atoms with E-state index in [0.29, 0.717) is 5.75 Å². The number of rotatable bonds is 7. The summed E-state index contributed by atoms with van der Waals surface area (Å²) in [6.07, 6.45) is -0.105. The lowest BCUT2D eigenvalue weighted by molar-refractivity contribution is -0.146. The van der Waals surface area contributed by atoms with Crippen molar-refractivity contribution in [1.29, 1.82) is 5.26 Å². The fourth-order valence-electron chi connectivity index (χ4n) is 1.83. The third-order valence-corrected chi connectivity index (χ3v) is 5.31. The molecule has 0 aliphatic rings. The van der Waals surface area contributed by atoms with Crippen LogP contribution in [0.1, 0.15) is 20.3 Å². The highest BCUT2D eigenvalue weighted by atomic mass is 32.2. The van der Waals surface area contributed by atoms with E-state index in [9.17, 15) is 18.3 Å². The summed E-state index contributed by atoms with van der Waals surface area (Å²) in [6, 6.07) is 7.46. The highest BCUT2D eigenvalue weighted by molar-refractivity contribution is 7.89. The van der Waals surface area contributed by atoms with Crippen LogP contribution in [0.15, 0.2) is 29.2 Å². The number of methoxy groups -OCH3 is 1. The number of sulfonamides is 1. The first-order valence-corrected chi connectivity index (χ1v) is 7.89. The van der Waals surface area contributed by atoms with Crippen LogP contribution in [-0.4, -0.2) is 43.0 Å². The Labute approximate surface area is 129 Å². The zero-order valence-electron chi connectivity index (χ0n) is 12.6. The molecule has 1 aromatic rings. The van der Waals surface area contributed by atoms with Gasteiger partial charge in [0, 0.05) is 13.0 Å². The van der Waals surface area contributed by atoms with E-state index in [4.69, 9.17) is 10.00 Å². The maximum absolute atomic E-state index is 12.7. The van der Waals surface area contributed by atoms with Gasteiger partial charge in [-0.3, -0.25) is 4.79 Å². The number of hydrogen-bond donors (Lipinski definition) is 1. The minimum atomic E-state index is -4.06. The number of carboxylic acids is 1. The lowest BCUT2D eigenvalue weighted by atomic mass is 10.1. The lowest BCUT2D eigenvalue weighted by Gasteiger charge is -2.33. The second-order valence-corrected chi connectivity index (χ2v) is 6.89. The van der Waals surface area contributed by atoms with Gasteiger partial charge in [0.05, 0.1) is 18.1 Å². The van der Waals surface area contributed by atoms with Crippen LogP contribution < -0.4 is 4.74 Å². The van der Waals surface area contributed by atoms with Crippen molar-refractivity contribution < 1.29 is 23.1 Å². The summed E-state index contributed by atoms with van der Waals surface area (Å²) >= 11 is 0. The van der Waals surface area contributed by atoms with Gasteiger partial charge in [0.25, 0.3) is 0 Å². The Hall–Kier alpha value is -2.11. The number of ether oxygens (including phenoxy) is 1. The van der Waals surface area contributed by atoms with Gasteiger partial charge in [-0.2, -0.15) is 9.57 Å². The predicted molar refractivity (Wildman–Crippen MR) is 78.8 cm³/mol. The normalized spacial score (nSPS) is 12.0. The molecule has 0 saturated carbocycles. The number of carbonyl (C=O) groups is 1. The van der Waals surface area contributed by atoms with E-state index in [1.807, 2.05) is 6.07 Å². The van der Waals surface area contributed by atoms with Crippen LogP contribution in [0, 0.1) is 11.3 Å². The summed E-state index contributed by atoms with van der Waals surface area (Å²) in [4.78, 5) is 11.3. The van der Waals surface area contributed by atoms with E-state index in [0.717, 1.165) is 4.31 Å². The molecule has 0 unspecified atom stereocenters. The van der Waals surface area contributed by atoms with Crippen LogP contribution in [0.2, 0.25) is 0 Å². The quantitative estimate of drug-likeness (QED) is 0.813. The summed E-state index contributed by atoms with van der Waals surface area (Å²) in [5, 5.41) is 18.0. The van der Waals surface area contributed by atoms with Crippen LogP contribution in [0.25, 0.3) is 0 Å². The van der Waals surface area contributed by atoms with Gasteiger partial charge in [-0.1, -0.05) is 0 Å². The number of aliphatic carboxylic acids is 1. The molecular weight excluding hydrogens is 308 g/mol. The molecule has 0 aromatic heterocycles. The maximum atomic E-state index is 12.7. The van der Waals surface area contributed by atoms with Gasteiger partial charge in [-0.25, -0.2) is 8.42 Å². The second-order valence-electron chi connectivity index (χ2n) is 5.02. The first kappa shape index (κ1) is 17.9. The van der Waals surface area contributed by atoms with Crippen molar-refractivity contribution in [2.24, 2.45) is 0 Å². The molecule has 120 valence electrons. The van der Waals surface area contributed by atoms with Crippen molar-refractivity contribution >= 4 is 16.0 Å². The van der Waals surface area contributed by atoms with Gasteiger partial charge in [-0.15, -0.1) is 0 Å². The lowest BCUT2D eigenvalue weighted by Crippen LogP contribution is -2.53. The predicted octanol–water partition coefficient (Wildman–Crippen LogP) is 1.46. The molecule has 1 N–H and O–H groups in total. The summed E-state index contributed by atoms with van der Waals surface area (Å²) in [6.45, 7) is 2.37. The maximum Gasteiger partial charge on any atom is 0.324 e. The minimum absolute atomic E-state index is 0.0550. The molecule has 0 spiro atoms. The Morgan fingerprint density at radius 1 is 1.36 bits per heavy atom. The molecule has 7 nitrogen and oxygen atoms in total. The van der Waals surface area contributed by atoms with Gasteiger partial charge < -0.3 is 9.84 Å². The van der Waals surface area contributed by atoms with Gasteiger partial charge in [0.15, 0.2) is 0 Å². The SMILES string of the molecule is COc1ccc(S(=O)(=O)N(CCC#N)C(C)(C)C(=O)O)cc1. The van der Waals surface area contributed by atoms with Crippen molar-refractivity contribution in [2.45, 2.75) is 30.7 Å². The smallest absolute Gasteiger partial charge is 0.324 e. The molecule has 0 aliphatic heterocycles. The van der Waals surface area contributed by atoms with Gasteiger partial charge in [0.1, 0.15) is 11.3 Å². The van der Waals surface area contributed by atoms with E-state index in [2.05, 4.69) is 0 Å². The molecule has 0 fully saturated rings. The van der Waals surface area contributed by atoms with E-state index in [1.54, 1.807) is 0 Å². The fraction of sp³-hybridized carbons (Fsp3) is 0.429. The van der Waals surface area contributed by atoms with Gasteiger partial charge in [-0.05, 0) is 38.1 Å². The van der Waals surface area contributed by atoms with E-state index in [1.165, 1.54) is 45.2 Å². The molecule has 0 bridgehead atoms. The highest BCUT2D eigenvalue weighted by Crippen LogP contribution is 2.26. The zero-order valence-corrected chi connectivity index (χ0v) is 13.4. The van der Waals surface area contributed by atoms with Crippen LogP contribution in [0.3, 0.4) is 0 Å². The molecule has 1 aromatic carbocycles. The van der Waals surface area contributed by atoms with Crippen molar-refractivity contribution in [3.05, 3.63) is 24.3 Å². The third kappa shape index (κ3) is 3.55. The van der Waals surface area contributed by atoms with Crippen LogP contribution in [-0.2, 0) is 14.8 Å². The second kappa shape index (κ2) is 6.77. The fourth-order valence-corrected chi connectivity index (χ4v) is 3.58. The molecule has 1 rings (SSSR count). The number of nitriles is 1. The molecule has 22 heavy (non-hydrogen) atoms. The average molecular weight is 326 g/mol. The number of hydrogen-bond acceptors (Lipinski definition) is 5. The average Bonchev–Trinajstić information content (AvgIpc) is 2.47. The summed E-state index contributed by atoms with van der Waals surface area (Å²) in [5.41, 5.74) is -1.67. The Bertz CT molecular complexity index is 674. The van der Waals surface area contributed by atoms with Crippen molar-refractivity contribution in [3.63, 3.8) is 0 Å². The molecule has 0 saturated heterocycles. The number of benzene rings is 1. The first-order chi connectivity index (χ1) is 10.2. The standard InChI is InChI=1S/C14H18N2O5S/c1-14(2,13(17)18)16(10-4-9-15)22(19,20)12-7-5-11(21-3)6-8-12/h5-8H,4,10H2,1-3H3,(H,17,18). The summed E-state index contributed by atoms with van der Waals surface area (Å²) in [7, 11) is -2.60. The molecule has 8 heteroatoms. The zero-order chi connectivity index (χ0) is 17.0. The molecule has 0 radical (unpaired) electrons. The van der Waals surface area contributed by atoms with E-state index < -0.39 is 21.5 Å². The van der Waals surface area contributed by atoms with Gasteiger partial charge in [0.2, 0.25) is 10.0 Å². The molecule has 0 atom stereocenters. The van der Waals surface area contributed by atoms with Crippen molar-refractivity contribution in [2.75, 3.05) is 13.7 Å². The van der Waals surface area contributed by atoms with Crippen LogP contribution in [0.5, 0.6) is 5.75 Å². The first-order valence-electron chi connectivity index (χ1n) is 6.45. The van der Waals surface area contributed by atoms with Crippen molar-refractivity contribution in [1.82, 2.24) is 4.31 Å². The monoisotopic (exact) mass is 326 g/mol. The summed E-state index contributed by atoms with van der Waals surface area (Å²) in [5.74, 6) is -0.803. The molecular formula is C14H18N2O5S. The Balaban J connectivity index is 3.32. The number of carboxylic acid groups (broad SMARTS) is 1. The summed E-state index contributed by atoms with van der Waals surface area (Å²) < 4.78 is 31.2. The van der Waals surface area contributed by atoms with E-state index in [-0.39, 0.29) is 17.9 Å². The van der Waals surface area contributed by atoms with Crippen LogP contribution >= 0.6 is 0 Å². The van der Waals surface area contributed by atoms with Gasteiger partial charge >= 0.3 is 5.97 Å². The largest absolute Gasteiger partial charge is 0.497 e. The van der Waals surface area contributed by atoms with Crippen molar-refractivity contribution in [3.8, 4) is 11.8 Å². The Kier molecular flexibility index (Phi) is 5.52. The Morgan fingerprint density at radius 3 is 2.32 bits per heavy atom. The molecule has 0 aliphatic carbocycles. The molecule has 0 amide bonds. The third-order valence-electron chi connectivity index (χ3n) is 3.22. The minimum Gasteiger partial charge on any atom is -0.497 e. The highest BCUT2D eigenvalue weighted by Gasteiger charge is 2.42. The van der Waals surface area contributed by atoms with E-state index >= 15 is 0 Å². The Morgan fingerprint density at radius 2 is 1.91 bits per heavy atom. The molecule has 0 heterocycles. The topological polar surface area (TPSA) is 108 Å². The number of nitrogens with zero attached hydrogens (tertiary/aromatic N) is 2.